The van der Waals surface area contributed by atoms with Gasteiger partial charge < -0.3 is 15.4 Å². The predicted molar refractivity (Wildman–Crippen MR) is 79.1 cm³/mol. The first-order valence-electron chi connectivity index (χ1n) is 7.36. The SMILES string of the molecule is CCNc1cc(C(=O)NC2CCOCC2)cc(CC)n1. The van der Waals surface area contributed by atoms with Crippen molar-refractivity contribution < 1.29 is 9.53 Å². The highest BCUT2D eigenvalue weighted by molar-refractivity contribution is 5.95. The zero-order valence-electron chi connectivity index (χ0n) is 12.2. The predicted octanol–water partition coefficient (Wildman–Crippen LogP) is 1.98. The Kier molecular flexibility index (Phi) is 5.35. The number of nitrogens with one attached hydrogen (secondary N) is 2. The van der Waals surface area contributed by atoms with Crippen molar-refractivity contribution in [2.75, 3.05) is 25.1 Å². The van der Waals surface area contributed by atoms with Crippen LogP contribution in [0.1, 0.15) is 42.7 Å². The number of nitrogens with zero attached hydrogens (tertiary/aromatic N) is 1. The first-order valence-corrected chi connectivity index (χ1v) is 7.36. The normalized spacial score (nSPS) is 15.9. The second-order valence-electron chi connectivity index (χ2n) is 4.98. The van der Waals surface area contributed by atoms with Gasteiger partial charge in [0.2, 0.25) is 0 Å². The van der Waals surface area contributed by atoms with E-state index in [0.29, 0.717) is 5.56 Å². The number of carbonyl (C=O) groups is 1. The monoisotopic (exact) mass is 277 g/mol. The summed E-state index contributed by atoms with van der Waals surface area (Å²) in [5.41, 5.74) is 1.61. The molecule has 2 rings (SSSR count). The van der Waals surface area contributed by atoms with Gasteiger partial charge in [0.25, 0.3) is 5.91 Å². The van der Waals surface area contributed by atoms with Crippen LogP contribution in [0.3, 0.4) is 0 Å². The molecular formula is C15H23N3O2. The zero-order valence-corrected chi connectivity index (χ0v) is 12.2. The number of amides is 1. The van der Waals surface area contributed by atoms with Gasteiger partial charge in [0.1, 0.15) is 5.82 Å². The van der Waals surface area contributed by atoms with Crippen LogP contribution >= 0.6 is 0 Å². The first kappa shape index (κ1) is 14.8. The van der Waals surface area contributed by atoms with E-state index in [0.717, 1.165) is 50.5 Å². The summed E-state index contributed by atoms with van der Waals surface area (Å²) in [4.78, 5) is 16.8. The third-order valence-electron chi connectivity index (χ3n) is 3.42. The number of hydrogen-bond donors (Lipinski definition) is 2. The Morgan fingerprint density at radius 1 is 1.35 bits per heavy atom. The van der Waals surface area contributed by atoms with E-state index in [1.54, 1.807) is 0 Å². The molecule has 0 aromatic carbocycles. The highest BCUT2D eigenvalue weighted by Crippen LogP contribution is 2.13. The van der Waals surface area contributed by atoms with E-state index in [2.05, 4.69) is 15.6 Å². The molecular weight excluding hydrogens is 254 g/mol. The van der Waals surface area contributed by atoms with E-state index in [1.165, 1.54) is 0 Å². The molecule has 5 heteroatoms. The summed E-state index contributed by atoms with van der Waals surface area (Å²) < 4.78 is 5.30. The van der Waals surface area contributed by atoms with Crippen LogP contribution in [0.5, 0.6) is 0 Å². The third kappa shape index (κ3) is 3.93. The maximum Gasteiger partial charge on any atom is 0.251 e. The van der Waals surface area contributed by atoms with Crippen LogP contribution in [0.2, 0.25) is 0 Å². The number of aryl methyl sites for hydroxylation is 1. The summed E-state index contributed by atoms with van der Waals surface area (Å²) in [6.07, 6.45) is 2.59. The molecule has 110 valence electrons. The summed E-state index contributed by atoms with van der Waals surface area (Å²) in [6.45, 7) is 6.30. The van der Waals surface area contributed by atoms with Gasteiger partial charge in [-0.2, -0.15) is 0 Å². The molecule has 5 nitrogen and oxygen atoms in total. The van der Waals surface area contributed by atoms with Gasteiger partial charge in [0, 0.05) is 37.1 Å². The average molecular weight is 277 g/mol. The lowest BCUT2D eigenvalue weighted by Crippen LogP contribution is -2.39. The van der Waals surface area contributed by atoms with E-state index >= 15 is 0 Å². The van der Waals surface area contributed by atoms with E-state index < -0.39 is 0 Å². The van der Waals surface area contributed by atoms with Crippen LogP contribution in [-0.2, 0) is 11.2 Å². The Hall–Kier alpha value is -1.62. The maximum absolute atomic E-state index is 12.3. The van der Waals surface area contributed by atoms with Crippen LogP contribution < -0.4 is 10.6 Å². The number of ether oxygens (including phenoxy) is 1. The summed E-state index contributed by atoms with van der Waals surface area (Å²) in [6, 6.07) is 3.91. The fourth-order valence-corrected chi connectivity index (χ4v) is 2.28. The molecule has 0 bridgehead atoms. The molecule has 0 atom stereocenters. The van der Waals surface area contributed by atoms with E-state index in [4.69, 9.17) is 4.74 Å². The van der Waals surface area contributed by atoms with Crippen molar-refractivity contribution in [1.82, 2.24) is 10.3 Å². The van der Waals surface area contributed by atoms with Gasteiger partial charge in [-0.25, -0.2) is 4.98 Å². The molecule has 2 heterocycles. The van der Waals surface area contributed by atoms with Crippen molar-refractivity contribution in [3.05, 3.63) is 23.4 Å². The van der Waals surface area contributed by atoms with Crippen LogP contribution in [0.25, 0.3) is 0 Å². The van der Waals surface area contributed by atoms with E-state index in [-0.39, 0.29) is 11.9 Å². The maximum atomic E-state index is 12.3. The smallest absolute Gasteiger partial charge is 0.251 e. The quantitative estimate of drug-likeness (QED) is 0.864. The van der Waals surface area contributed by atoms with Crippen LogP contribution in [0.4, 0.5) is 5.82 Å². The van der Waals surface area contributed by atoms with Gasteiger partial charge in [-0.1, -0.05) is 6.92 Å². The Balaban J connectivity index is 2.09. The minimum absolute atomic E-state index is 0.0202. The zero-order chi connectivity index (χ0) is 14.4. The second-order valence-corrected chi connectivity index (χ2v) is 4.98. The van der Waals surface area contributed by atoms with E-state index in [1.807, 2.05) is 26.0 Å². The minimum Gasteiger partial charge on any atom is -0.381 e. The van der Waals surface area contributed by atoms with Crippen LogP contribution in [-0.4, -0.2) is 36.7 Å². The number of aromatic nitrogens is 1. The topological polar surface area (TPSA) is 63.2 Å². The summed E-state index contributed by atoms with van der Waals surface area (Å²) in [7, 11) is 0. The Morgan fingerprint density at radius 2 is 2.10 bits per heavy atom. The lowest BCUT2D eigenvalue weighted by atomic mass is 10.1. The molecule has 1 fully saturated rings. The lowest BCUT2D eigenvalue weighted by molar-refractivity contribution is 0.0696. The van der Waals surface area contributed by atoms with Crippen molar-refractivity contribution in [3.63, 3.8) is 0 Å². The molecule has 1 aromatic rings. The van der Waals surface area contributed by atoms with Gasteiger partial charge in [0.05, 0.1) is 0 Å². The number of anilines is 1. The molecule has 1 aliphatic heterocycles. The molecule has 0 aliphatic carbocycles. The Bertz CT molecular complexity index is 456. The van der Waals surface area contributed by atoms with Crippen molar-refractivity contribution in [2.45, 2.75) is 39.2 Å². The number of carbonyl (C=O) groups excluding carboxylic acids is 1. The Morgan fingerprint density at radius 3 is 2.75 bits per heavy atom. The standard InChI is InChI=1S/C15H23N3O2/c1-3-12-9-11(10-14(17-12)16-4-2)15(19)18-13-5-7-20-8-6-13/h9-10,13H,3-8H2,1-2H3,(H,16,17)(H,18,19). The van der Waals surface area contributed by atoms with Crippen molar-refractivity contribution in [1.29, 1.82) is 0 Å². The van der Waals surface area contributed by atoms with Gasteiger partial charge in [0.15, 0.2) is 0 Å². The van der Waals surface area contributed by atoms with Crippen molar-refractivity contribution in [3.8, 4) is 0 Å². The fourth-order valence-electron chi connectivity index (χ4n) is 2.28. The summed E-state index contributed by atoms with van der Waals surface area (Å²) in [5, 5.41) is 6.25. The third-order valence-corrected chi connectivity index (χ3v) is 3.42. The fraction of sp³-hybridized carbons (Fsp3) is 0.600. The first-order chi connectivity index (χ1) is 9.72. The highest BCUT2D eigenvalue weighted by Gasteiger charge is 2.17. The van der Waals surface area contributed by atoms with Crippen molar-refractivity contribution in [2.24, 2.45) is 0 Å². The van der Waals surface area contributed by atoms with Gasteiger partial charge in [-0.05, 0) is 38.3 Å². The second kappa shape index (κ2) is 7.24. The van der Waals surface area contributed by atoms with Gasteiger partial charge >= 0.3 is 0 Å². The Labute approximate surface area is 120 Å². The molecule has 0 radical (unpaired) electrons. The average Bonchev–Trinajstić information content (AvgIpc) is 2.48. The largest absolute Gasteiger partial charge is 0.381 e. The van der Waals surface area contributed by atoms with Crippen molar-refractivity contribution >= 4 is 11.7 Å². The van der Waals surface area contributed by atoms with Gasteiger partial charge in [-0.3, -0.25) is 4.79 Å². The molecule has 2 N–H and O–H groups in total. The summed E-state index contributed by atoms with van der Waals surface area (Å²) in [5.74, 6) is 0.747. The van der Waals surface area contributed by atoms with Crippen LogP contribution in [0.15, 0.2) is 12.1 Å². The molecule has 1 amide bonds. The van der Waals surface area contributed by atoms with Gasteiger partial charge in [-0.15, -0.1) is 0 Å². The molecule has 0 spiro atoms. The lowest BCUT2D eigenvalue weighted by Gasteiger charge is -2.23. The molecule has 1 saturated heterocycles. The number of pyridine rings is 1. The number of rotatable bonds is 5. The molecule has 1 aliphatic rings. The summed E-state index contributed by atoms with van der Waals surface area (Å²) >= 11 is 0. The highest BCUT2D eigenvalue weighted by atomic mass is 16.5. The molecule has 0 saturated carbocycles. The molecule has 0 unspecified atom stereocenters. The minimum atomic E-state index is -0.0202. The molecule has 20 heavy (non-hydrogen) atoms. The number of hydrogen-bond acceptors (Lipinski definition) is 4. The molecule has 1 aromatic heterocycles. The van der Waals surface area contributed by atoms with E-state index in [9.17, 15) is 4.79 Å². The van der Waals surface area contributed by atoms with Crippen LogP contribution in [0, 0.1) is 0 Å².